The van der Waals surface area contributed by atoms with Crippen LogP contribution in [0.15, 0.2) is 30.3 Å². The summed E-state index contributed by atoms with van der Waals surface area (Å²) < 4.78 is 14.5. The second kappa shape index (κ2) is 11.1. The highest BCUT2D eigenvalue weighted by atomic mass is 19.1. The van der Waals surface area contributed by atoms with Gasteiger partial charge in [0, 0.05) is 43.6 Å². The lowest BCUT2D eigenvalue weighted by Gasteiger charge is -2.30. The number of carbonyl (C=O) groups is 2. The highest BCUT2D eigenvalue weighted by molar-refractivity contribution is 5.81. The Balaban J connectivity index is 0.000000170. The minimum Gasteiger partial charge on any atom is -0.338 e. The Hall–Kier alpha value is -2.69. The van der Waals surface area contributed by atoms with E-state index in [1.165, 1.54) is 16.7 Å². The number of fused-ring (bicyclic) bond motifs is 2. The summed E-state index contributed by atoms with van der Waals surface area (Å²) in [6.45, 7) is 13.0. The molecule has 0 atom stereocenters. The molecule has 1 saturated carbocycles. The summed E-state index contributed by atoms with van der Waals surface area (Å²) in [4.78, 5) is 27.9. The van der Waals surface area contributed by atoms with Crippen molar-refractivity contribution in [1.29, 1.82) is 0 Å². The number of halogens is 1. The van der Waals surface area contributed by atoms with Gasteiger partial charge >= 0.3 is 0 Å². The average molecular weight is 493 g/mol. The second-order valence-electron chi connectivity index (χ2n) is 11.2. The van der Waals surface area contributed by atoms with Gasteiger partial charge < -0.3 is 9.80 Å². The van der Waals surface area contributed by atoms with E-state index in [4.69, 9.17) is 0 Å². The highest BCUT2D eigenvalue weighted by Gasteiger charge is 2.35. The maximum Gasteiger partial charge on any atom is 0.225 e. The Kier molecular flexibility index (Phi) is 8.17. The first-order valence-electron chi connectivity index (χ1n) is 13.7. The van der Waals surface area contributed by atoms with Crippen molar-refractivity contribution in [2.75, 3.05) is 13.1 Å². The van der Waals surface area contributed by atoms with Crippen LogP contribution in [-0.2, 0) is 41.9 Å². The van der Waals surface area contributed by atoms with Crippen molar-refractivity contribution in [2.24, 2.45) is 11.8 Å². The summed E-state index contributed by atoms with van der Waals surface area (Å²) >= 11 is 0. The van der Waals surface area contributed by atoms with Gasteiger partial charge in [0.15, 0.2) is 0 Å². The van der Waals surface area contributed by atoms with Gasteiger partial charge in [0.25, 0.3) is 0 Å². The monoisotopic (exact) mass is 492 g/mol. The third kappa shape index (κ3) is 5.82. The van der Waals surface area contributed by atoms with Crippen LogP contribution < -0.4 is 0 Å². The topological polar surface area (TPSA) is 40.6 Å². The van der Waals surface area contributed by atoms with E-state index in [2.05, 4.69) is 25.1 Å². The molecule has 36 heavy (non-hydrogen) atoms. The summed E-state index contributed by atoms with van der Waals surface area (Å²) in [7, 11) is 0. The van der Waals surface area contributed by atoms with Gasteiger partial charge in [0.05, 0.1) is 0 Å². The molecule has 2 aromatic carbocycles. The standard InChI is InChI=1S/C16H20FNO.C15H21NO/c1-10(2)13-6-5-11-7-8-18(9-14(11)15(13)17)16(19)12-3-4-12;1-4-12-5-6-13-7-8-16(10-14(13)9-12)15(17)11(2)3/h5-6,10,12H,3-4,7-9H2,1-2H3;5-6,9,11H,4,7-8,10H2,1-3H3. The van der Waals surface area contributed by atoms with E-state index in [0.29, 0.717) is 6.54 Å². The third-order valence-electron chi connectivity index (χ3n) is 7.73. The van der Waals surface area contributed by atoms with Crippen molar-refractivity contribution in [1.82, 2.24) is 9.80 Å². The predicted molar refractivity (Wildman–Crippen MR) is 142 cm³/mol. The van der Waals surface area contributed by atoms with E-state index in [0.717, 1.165) is 68.4 Å². The van der Waals surface area contributed by atoms with E-state index in [-0.39, 0.29) is 35.4 Å². The maximum absolute atomic E-state index is 14.5. The van der Waals surface area contributed by atoms with Gasteiger partial charge in [-0.3, -0.25) is 9.59 Å². The van der Waals surface area contributed by atoms with E-state index in [1.54, 1.807) is 0 Å². The summed E-state index contributed by atoms with van der Waals surface area (Å²) in [6.07, 6.45) is 4.86. The first kappa shape index (κ1) is 26.4. The van der Waals surface area contributed by atoms with Gasteiger partial charge in [-0.2, -0.15) is 0 Å². The minimum atomic E-state index is -0.0965. The Bertz CT molecular complexity index is 1120. The molecule has 4 nitrogen and oxygen atoms in total. The van der Waals surface area contributed by atoms with Crippen molar-refractivity contribution in [3.63, 3.8) is 0 Å². The van der Waals surface area contributed by atoms with Crippen molar-refractivity contribution in [3.8, 4) is 0 Å². The molecule has 0 spiro atoms. The van der Waals surface area contributed by atoms with E-state index in [1.807, 2.05) is 49.6 Å². The molecular formula is C31H41FN2O2. The van der Waals surface area contributed by atoms with Gasteiger partial charge in [-0.05, 0) is 65.8 Å². The lowest BCUT2D eigenvalue weighted by molar-refractivity contribution is -0.135. The van der Waals surface area contributed by atoms with Crippen molar-refractivity contribution < 1.29 is 14.0 Å². The third-order valence-corrected chi connectivity index (χ3v) is 7.73. The number of hydrogen-bond acceptors (Lipinski definition) is 2. The minimum absolute atomic E-state index is 0.0965. The van der Waals surface area contributed by atoms with Crippen LogP contribution in [0.4, 0.5) is 4.39 Å². The molecule has 194 valence electrons. The van der Waals surface area contributed by atoms with Gasteiger partial charge in [0.2, 0.25) is 11.8 Å². The van der Waals surface area contributed by atoms with Crippen LogP contribution in [0.25, 0.3) is 0 Å². The predicted octanol–water partition coefficient (Wildman–Crippen LogP) is 6.03. The second-order valence-corrected chi connectivity index (χ2v) is 11.2. The van der Waals surface area contributed by atoms with Gasteiger partial charge in [-0.25, -0.2) is 4.39 Å². The molecule has 0 saturated heterocycles. The number of rotatable bonds is 4. The Labute approximate surface area is 215 Å². The van der Waals surface area contributed by atoms with Crippen molar-refractivity contribution in [2.45, 2.75) is 85.7 Å². The molecule has 0 aromatic heterocycles. The molecule has 2 aromatic rings. The quantitative estimate of drug-likeness (QED) is 0.523. The number of hydrogen-bond donors (Lipinski definition) is 0. The van der Waals surface area contributed by atoms with Gasteiger partial charge in [0.1, 0.15) is 5.82 Å². The van der Waals surface area contributed by atoms with E-state index < -0.39 is 0 Å². The van der Waals surface area contributed by atoms with Crippen LogP contribution in [0.5, 0.6) is 0 Å². The zero-order valence-electron chi connectivity index (χ0n) is 22.6. The molecule has 2 heterocycles. The number of aryl methyl sites for hydroxylation is 1. The fourth-order valence-electron chi connectivity index (χ4n) is 5.22. The molecule has 0 bridgehead atoms. The molecule has 2 amide bonds. The number of nitrogens with zero attached hydrogens (tertiary/aromatic N) is 2. The number of amides is 2. The molecule has 1 fully saturated rings. The maximum atomic E-state index is 14.5. The molecule has 5 heteroatoms. The average Bonchev–Trinajstić information content (AvgIpc) is 3.73. The summed E-state index contributed by atoms with van der Waals surface area (Å²) in [5, 5.41) is 0. The van der Waals surface area contributed by atoms with E-state index >= 15 is 0 Å². The first-order chi connectivity index (χ1) is 17.2. The zero-order chi connectivity index (χ0) is 26.0. The fraction of sp³-hybridized carbons (Fsp3) is 0.548. The molecule has 3 aliphatic rings. The molecule has 5 rings (SSSR count). The molecule has 0 unspecified atom stereocenters. The summed E-state index contributed by atoms with van der Waals surface area (Å²) in [5.41, 5.74) is 6.69. The first-order valence-corrected chi connectivity index (χ1v) is 13.7. The van der Waals surface area contributed by atoms with Gasteiger partial charge in [-0.1, -0.05) is 65.0 Å². The number of benzene rings is 2. The lowest BCUT2D eigenvalue weighted by atomic mass is 9.92. The fourth-order valence-corrected chi connectivity index (χ4v) is 5.22. The summed E-state index contributed by atoms with van der Waals surface area (Å²) in [5.74, 6) is 0.905. The van der Waals surface area contributed by atoms with Crippen molar-refractivity contribution >= 4 is 11.8 Å². The zero-order valence-corrected chi connectivity index (χ0v) is 22.6. The largest absolute Gasteiger partial charge is 0.338 e. The lowest BCUT2D eigenvalue weighted by Crippen LogP contribution is -2.38. The van der Waals surface area contributed by atoms with Crippen LogP contribution >= 0.6 is 0 Å². The molecule has 0 radical (unpaired) electrons. The van der Waals surface area contributed by atoms with Crippen LogP contribution in [0.2, 0.25) is 0 Å². The smallest absolute Gasteiger partial charge is 0.225 e. The highest BCUT2D eigenvalue weighted by Crippen LogP contribution is 2.34. The van der Waals surface area contributed by atoms with Crippen LogP contribution in [0, 0.1) is 17.7 Å². The van der Waals surface area contributed by atoms with Crippen LogP contribution in [-0.4, -0.2) is 34.7 Å². The molecule has 0 N–H and O–H groups in total. The molecule has 2 aliphatic heterocycles. The van der Waals surface area contributed by atoms with Crippen LogP contribution in [0.1, 0.15) is 86.8 Å². The Morgan fingerprint density at radius 1 is 0.917 bits per heavy atom. The summed E-state index contributed by atoms with van der Waals surface area (Å²) in [6, 6.07) is 10.6. The van der Waals surface area contributed by atoms with Crippen LogP contribution in [0.3, 0.4) is 0 Å². The molecule has 1 aliphatic carbocycles. The Morgan fingerprint density at radius 3 is 2.22 bits per heavy atom. The normalized spacial score (nSPS) is 16.9. The number of carbonyl (C=O) groups excluding carboxylic acids is 2. The SMILES string of the molecule is CC(C)c1ccc2c(c1F)CN(C(=O)C1CC1)CC2.CCc1ccc2c(c1)CN(C(=O)C(C)C)CC2. The van der Waals surface area contributed by atoms with Crippen molar-refractivity contribution in [3.05, 3.63) is 69.5 Å². The van der Waals surface area contributed by atoms with E-state index in [9.17, 15) is 14.0 Å². The van der Waals surface area contributed by atoms with Gasteiger partial charge in [-0.15, -0.1) is 0 Å². The Morgan fingerprint density at radius 2 is 1.58 bits per heavy atom. The molecular weight excluding hydrogens is 451 g/mol.